The van der Waals surface area contributed by atoms with Gasteiger partial charge >= 0.3 is 6.09 Å². The first-order valence-corrected chi connectivity index (χ1v) is 6.94. The summed E-state index contributed by atoms with van der Waals surface area (Å²) in [6.07, 6.45) is 4.10. The number of nitrogens with one attached hydrogen (secondary N) is 1. The maximum Gasteiger partial charge on any atom is 0.410 e. The van der Waals surface area contributed by atoms with Crippen LogP contribution in [0, 0.1) is 0 Å². The summed E-state index contributed by atoms with van der Waals surface area (Å²) in [7, 11) is 2.04. The number of hydrogen-bond acceptors (Lipinski definition) is 4. The fourth-order valence-electron chi connectivity index (χ4n) is 2.79. The predicted molar refractivity (Wildman–Crippen MR) is 74.4 cm³/mol. The fourth-order valence-corrected chi connectivity index (χ4v) is 2.79. The third kappa shape index (κ3) is 3.14. The Morgan fingerprint density at radius 1 is 1.47 bits per heavy atom. The first kappa shape index (κ1) is 14.0. The number of carbonyl (C=O) groups excluding carboxylic acids is 1. The molecule has 1 N–H and O–H groups in total. The maximum atomic E-state index is 12.3. The van der Waals surface area contributed by atoms with Crippen LogP contribution in [-0.4, -0.2) is 47.3 Å². The molecule has 5 nitrogen and oxygen atoms in total. The van der Waals surface area contributed by atoms with E-state index in [0.29, 0.717) is 0 Å². The molecule has 0 aromatic heterocycles. The van der Waals surface area contributed by atoms with Crippen molar-refractivity contribution in [2.45, 2.75) is 58.3 Å². The van der Waals surface area contributed by atoms with Crippen molar-refractivity contribution in [1.82, 2.24) is 15.1 Å². The number of ether oxygens (including phenoxy) is 1. The van der Waals surface area contributed by atoms with E-state index in [1.165, 1.54) is 0 Å². The van der Waals surface area contributed by atoms with Gasteiger partial charge in [-0.25, -0.2) is 4.79 Å². The van der Waals surface area contributed by atoms with E-state index in [9.17, 15) is 4.79 Å². The molecule has 0 spiro atoms. The Bertz CT molecular complexity index is 387. The lowest BCUT2D eigenvalue weighted by atomic mass is 10.1. The van der Waals surface area contributed by atoms with Crippen molar-refractivity contribution in [1.29, 1.82) is 0 Å². The summed E-state index contributed by atoms with van der Waals surface area (Å²) in [5, 5.41) is 3.43. The second-order valence-electron chi connectivity index (χ2n) is 6.45. The highest BCUT2D eigenvalue weighted by Gasteiger charge is 2.39. The normalized spacial score (nSPS) is 27.3. The van der Waals surface area contributed by atoms with Crippen molar-refractivity contribution in [3.8, 4) is 0 Å². The number of nitrogens with zero attached hydrogens (tertiary/aromatic N) is 2. The van der Waals surface area contributed by atoms with Crippen LogP contribution in [0.5, 0.6) is 0 Å². The zero-order chi connectivity index (χ0) is 14.2. The maximum absolute atomic E-state index is 12.3. The van der Waals surface area contributed by atoms with Crippen molar-refractivity contribution in [2.24, 2.45) is 0 Å². The van der Waals surface area contributed by atoms with Crippen LogP contribution in [0.25, 0.3) is 0 Å². The minimum Gasteiger partial charge on any atom is -0.444 e. The van der Waals surface area contributed by atoms with Crippen LogP contribution in [0.4, 0.5) is 4.79 Å². The molecule has 2 aliphatic heterocycles. The molecular weight excluding hydrogens is 242 g/mol. The first-order chi connectivity index (χ1) is 8.78. The van der Waals surface area contributed by atoms with Gasteiger partial charge in [0.05, 0.1) is 6.04 Å². The van der Waals surface area contributed by atoms with Gasteiger partial charge in [-0.2, -0.15) is 0 Å². The molecule has 2 aliphatic rings. The molecule has 5 heteroatoms. The second kappa shape index (κ2) is 4.94. The van der Waals surface area contributed by atoms with E-state index in [2.05, 4.69) is 16.4 Å². The minimum atomic E-state index is -0.437. The summed E-state index contributed by atoms with van der Waals surface area (Å²) >= 11 is 0. The molecule has 0 aromatic rings. The van der Waals surface area contributed by atoms with Gasteiger partial charge in [-0.1, -0.05) is 0 Å². The van der Waals surface area contributed by atoms with Crippen molar-refractivity contribution in [3.05, 3.63) is 11.9 Å². The number of hydrogen-bond donors (Lipinski definition) is 1. The van der Waals surface area contributed by atoms with Crippen molar-refractivity contribution in [2.75, 3.05) is 13.6 Å². The highest BCUT2D eigenvalue weighted by Crippen LogP contribution is 2.26. The average Bonchev–Trinajstić information content (AvgIpc) is 2.81. The highest BCUT2D eigenvalue weighted by atomic mass is 16.6. The third-order valence-corrected chi connectivity index (χ3v) is 3.50. The predicted octanol–water partition coefficient (Wildman–Crippen LogP) is 2.11. The van der Waals surface area contributed by atoms with E-state index in [1.54, 1.807) is 0 Å². The number of likely N-dealkylation sites (N-methyl/N-ethyl adjacent to an activating group) is 1. The van der Waals surface area contributed by atoms with Gasteiger partial charge in [0, 0.05) is 25.5 Å². The third-order valence-electron chi connectivity index (χ3n) is 3.50. The molecule has 1 saturated heterocycles. The summed E-state index contributed by atoms with van der Waals surface area (Å²) in [4.78, 5) is 16.3. The topological polar surface area (TPSA) is 44.8 Å². The Balaban J connectivity index is 2.03. The van der Waals surface area contributed by atoms with E-state index < -0.39 is 5.60 Å². The lowest BCUT2D eigenvalue weighted by Crippen LogP contribution is -2.52. The number of rotatable bonds is 1. The Hall–Kier alpha value is -1.39. The molecule has 0 radical (unpaired) electrons. The molecule has 0 aromatic carbocycles. The molecule has 0 aliphatic carbocycles. The van der Waals surface area contributed by atoms with Gasteiger partial charge in [0.15, 0.2) is 0 Å². The summed E-state index contributed by atoms with van der Waals surface area (Å²) < 4.78 is 5.50. The van der Waals surface area contributed by atoms with Gasteiger partial charge in [-0.05, 0) is 40.5 Å². The van der Waals surface area contributed by atoms with Gasteiger partial charge in [0.25, 0.3) is 0 Å². The molecular formula is C14H25N3O2. The summed E-state index contributed by atoms with van der Waals surface area (Å²) in [6.45, 7) is 8.54. The van der Waals surface area contributed by atoms with E-state index >= 15 is 0 Å². The number of likely N-dealkylation sites (tertiary alicyclic amines) is 1. The SMILES string of the molecule is CC1=CN(C)C([C@@H]2CCCN2C(=O)OC(C)(C)C)N1. The first-order valence-electron chi connectivity index (χ1n) is 6.94. The Morgan fingerprint density at radius 2 is 2.16 bits per heavy atom. The van der Waals surface area contributed by atoms with Crippen LogP contribution < -0.4 is 5.32 Å². The average molecular weight is 267 g/mol. The zero-order valence-electron chi connectivity index (χ0n) is 12.6. The van der Waals surface area contributed by atoms with E-state index in [4.69, 9.17) is 4.74 Å². The molecule has 1 amide bonds. The fraction of sp³-hybridized carbons (Fsp3) is 0.786. The summed E-state index contributed by atoms with van der Waals surface area (Å²) in [5.41, 5.74) is 0.705. The molecule has 19 heavy (non-hydrogen) atoms. The molecule has 2 rings (SSSR count). The van der Waals surface area contributed by atoms with E-state index in [-0.39, 0.29) is 18.3 Å². The lowest BCUT2D eigenvalue weighted by Gasteiger charge is -2.34. The number of amides is 1. The Morgan fingerprint density at radius 3 is 2.68 bits per heavy atom. The Labute approximate surface area is 115 Å². The van der Waals surface area contributed by atoms with E-state index in [1.807, 2.05) is 39.6 Å². The van der Waals surface area contributed by atoms with Crippen molar-refractivity contribution in [3.63, 3.8) is 0 Å². The number of carbonyl (C=O) groups is 1. The van der Waals surface area contributed by atoms with Crippen LogP contribution in [0.1, 0.15) is 40.5 Å². The van der Waals surface area contributed by atoms with Crippen LogP contribution >= 0.6 is 0 Å². The summed E-state index contributed by atoms with van der Waals surface area (Å²) in [6, 6.07) is 0.175. The molecule has 108 valence electrons. The second-order valence-corrected chi connectivity index (χ2v) is 6.45. The van der Waals surface area contributed by atoms with Gasteiger partial charge in [0.1, 0.15) is 11.8 Å². The van der Waals surface area contributed by atoms with Gasteiger partial charge < -0.3 is 19.9 Å². The molecule has 1 unspecified atom stereocenters. The van der Waals surface area contributed by atoms with Crippen LogP contribution in [-0.2, 0) is 4.74 Å². The van der Waals surface area contributed by atoms with Gasteiger partial charge in [0.2, 0.25) is 0 Å². The Kier molecular flexibility index (Phi) is 3.65. The largest absolute Gasteiger partial charge is 0.444 e. The standard InChI is InChI=1S/C14H25N3O2/c1-10-9-16(5)12(15-10)11-7-6-8-17(11)13(18)19-14(2,3)4/h9,11-12,15H,6-8H2,1-5H3/t11-,12?/m0/s1. The van der Waals surface area contributed by atoms with Gasteiger partial charge in [-0.3, -0.25) is 0 Å². The van der Waals surface area contributed by atoms with Crippen molar-refractivity contribution < 1.29 is 9.53 Å². The number of allylic oxidation sites excluding steroid dienone is 1. The molecule has 0 saturated carbocycles. The van der Waals surface area contributed by atoms with Crippen LogP contribution in [0.2, 0.25) is 0 Å². The van der Waals surface area contributed by atoms with Crippen LogP contribution in [0.15, 0.2) is 11.9 Å². The van der Waals surface area contributed by atoms with Gasteiger partial charge in [-0.15, -0.1) is 0 Å². The monoisotopic (exact) mass is 267 g/mol. The molecule has 2 atom stereocenters. The van der Waals surface area contributed by atoms with Crippen LogP contribution in [0.3, 0.4) is 0 Å². The van der Waals surface area contributed by atoms with Crippen molar-refractivity contribution >= 4 is 6.09 Å². The zero-order valence-corrected chi connectivity index (χ0v) is 12.6. The molecule has 0 bridgehead atoms. The minimum absolute atomic E-state index is 0.162. The molecule has 1 fully saturated rings. The smallest absolute Gasteiger partial charge is 0.410 e. The highest BCUT2D eigenvalue weighted by molar-refractivity contribution is 5.69. The summed E-state index contributed by atoms with van der Waals surface area (Å²) in [5.74, 6) is 0. The molecule has 2 heterocycles. The lowest BCUT2D eigenvalue weighted by molar-refractivity contribution is 0.0157. The quantitative estimate of drug-likeness (QED) is 0.790. The van der Waals surface area contributed by atoms with E-state index in [0.717, 1.165) is 25.1 Å².